The smallest absolute Gasteiger partial charge is 0.295 e. The zero-order valence-corrected chi connectivity index (χ0v) is 28.0. The molecule has 0 radical (unpaired) electrons. The second-order valence-corrected chi connectivity index (χ2v) is 13.5. The Labute approximate surface area is 259 Å². The molecule has 0 fully saturated rings. The zero-order valence-electron chi connectivity index (χ0n) is 27.1. The number of hydrogen-bond acceptors (Lipinski definition) is 3. The van der Waals surface area contributed by atoms with Gasteiger partial charge in [0, 0.05) is 5.39 Å². The Hall–Kier alpha value is -1.72. The quantitative estimate of drug-likeness (QED) is 0.0906. The van der Waals surface area contributed by atoms with Crippen molar-refractivity contribution in [3.05, 3.63) is 41.5 Å². The molecule has 0 atom stereocenters. The molecular formula is C37H62O4S. The van der Waals surface area contributed by atoms with E-state index in [4.69, 9.17) is 4.79 Å². The largest absolute Gasteiger partial charge is 0.307 e. The Morgan fingerprint density at radius 2 is 0.952 bits per heavy atom. The molecule has 0 unspecified atom stereocenters. The zero-order chi connectivity index (χ0) is 30.9. The second-order valence-electron chi connectivity index (χ2n) is 12.1. The molecule has 4 nitrogen and oxygen atoms in total. The number of carbonyl (C=O) groups excluding carboxylic acids is 1. The SMILES string of the molecule is C=O.CCCCCCCCCCCCCc1cc2ccccc2c(S(=O)(=O)O)c1CCCCCCCCCCCCC. The van der Waals surface area contributed by atoms with Gasteiger partial charge in [-0.3, -0.25) is 4.55 Å². The Balaban J connectivity index is 0.00000431. The number of benzene rings is 2. The highest BCUT2D eigenvalue weighted by atomic mass is 32.2. The van der Waals surface area contributed by atoms with Gasteiger partial charge in [-0.1, -0.05) is 173 Å². The minimum atomic E-state index is -4.30. The van der Waals surface area contributed by atoms with E-state index in [2.05, 4.69) is 19.9 Å². The maximum Gasteiger partial charge on any atom is 0.295 e. The van der Waals surface area contributed by atoms with Crippen LogP contribution in [0.15, 0.2) is 35.2 Å². The van der Waals surface area contributed by atoms with E-state index in [1.165, 1.54) is 122 Å². The van der Waals surface area contributed by atoms with Crippen LogP contribution in [0.1, 0.15) is 166 Å². The van der Waals surface area contributed by atoms with Gasteiger partial charge in [0.25, 0.3) is 10.1 Å². The van der Waals surface area contributed by atoms with Gasteiger partial charge in [0.15, 0.2) is 0 Å². The van der Waals surface area contributed by atoms with Crippen molar-refractivity contribution in [1.29, 1.82) is 0 Å². The van der Waals surface area contributed by atoms with Crippen LogP contribution in [0.25, 0.3) is 10.8 Å². The molecule has 0 heterocycles. The first kappa shape index (κ1) is 38.3. The predicted octanol–water partition coefficient (Wildman–Crippen LogP) is 11.6. The van der Waals surface area contributed by atoms with Gasteiger partial charge in [-0.05, 0) is 42.2 Å². The van der Waals surface area contributed by atoms with E-state index >= 15 is 0 Å². The first-order valence-electron chi connectivity index (χ1n) is 17.3. The van der Waals surface area contributed by atoms with Crippen molar-refractivity contribution in [2.24, 2.45) is 0 Å². The lowest BCUT2D eigenvalue weighted by atomic mass is 9.93. The van der Waals surface area contributed by atoms with Gasteiger partial charge in [0.2, 0.25) is 0 Å². The lowest BCUT2D eigenvalue weighted by Gasteiger charge is -2.17. The van der Waals surface area contributed by atoms with E-state index in [1.54, 1.807) is 0 Å². The predicted molar refractivity (Wildman–Crippen MR) is 181 cm³/mol. The molecule has 0 saturated heterocycles. The minimum absolute atomic E-state index is 0.163. The number of fused-ring (bicyclic) bond motifs is 1. The van der Waals surface area contributed by atoms with Gasteiger partial charge in [-0.15, -0.1) is 0 Å². The molecule has 0 aliphatic heterocycles. The molecule has 0 aromatic heterocycles. The number of aryl methyl sites for hydroxylation is 1. The second kappa shape index (κ2) is 24.7. The Morgan fingerprint density at radius 1 is 0.571 bits per heavy atom. The monoisotopic (exact) mass is 602 g/mol. The molecule has 2 aromatic carbocycles. The molecule has 0 spiro atoms. The van der Waals surface area contributed by atoms with Crippen molar-refractivity contribution in [2.45, 2.75) is 173 Å². The summed E-state index contributed by atoms with van der Waals surface area (Å²) in [5.41, 5.74) is 1.98. The van der Waals surface area contributed by atoms with E-state index < -0.39 is 10.1 Å². The molecule has 2 rings (SSSR count). The molecule has 42 heavy (non-hydrogen) atoms. The van der Waals surface area contributed by atoms with Crippen LogP contribution in [0.3, 0.4) is 0 Å². The van der Waals surface area contributed by atoms with Crippen LogP contribution in [0.5, 0.6) is 0 Å². The number of unbranched alkanes of at least 4 members (excludes halogenated alkanes) is 20. The molecule has 2 aromatic rings. The maximum atomic E-state index is 12.6. The molecule has 0 amide bonds. The van der Waals surface area contributed by atoms with Crippen molar-refractivity contribution in [2.75, 3.05) is 0 Å². The van der Waals surface area contributed by atoms with Gasteiger partial charge in [0.1, 0.15) is 11.7 Å². The first-order chi connectivity index (χ1) is 20.5. The molecule has 5 heteroatoms. The van der Waals surface area contributed by atoms with Crippen molar-refractivity contribution in [1.82, 2.24) is 0 Å². The summed E-state index contributed by atoms with van der Waals surface area (Å²) in [6.07, 6.45) is 29.9. The fraction of sp³-hybridized carbons (Fsp3) is 0.703. The average Bonchev–Trinajstić information content (AvgIpc) is 2.98. The van der Waals surface area contributed by atoms with Crippen molar-refractivity contribution >= 4 is 27.7 Å². The maximum absolute atomic E-state index is 12.6. The third kappa shape index (κ3) is 16.2. The normalized spacial score (nSPS) is 11.5. The average molecular weight is 603 g/mol. The Morgan fingerprint density at radius 3 is 1.38 bits per heavy atom. The fourth-order valence-corrected chi connectivity index (χ4v) is 7.16. The van der Waals surface area contributed by atoms with E-state index in [-0.39, 0.29) is 4.90 Å². The fourth-order valence-electron chi connectivity index (χ4n) is 6.15. The van der Waals surface area contributed by atoms with Gasteiger partial charge in [0.05, 0.1) is 0 Å². The van der Waals surface area contributed by atoms with Gasteiger partial charge < -0.3 is 4.79 Å². The first-order valence-corrected chi connectivity index (χ1v) is 18.7. The van der Waals surface area contributed by atoms with E-state index in [9.17, 15) is 13.0 Å². The summed E-state index contributed by atoms with van der Waals surface area (Å²) in [7, 11) is -4.30. The highest BCUT2D eigenvalue weighted by molar-refractivity contribution is 7.86. The van der Waals surface area contributed by atoms with E-state index in [0.717, 1.165) is 48.6 Å². The number of hydrogen-bond donors (Lipinski definition) is 1. The third-order valence-corrected chi connectivity index (χ3v) is 9.52. The summed E-state index contributed by atoms with van der Waals surface area (Å²) in [5.74, 6) is 0. The van der Waals surface area contributed by atoms with Gasteiger partial charge in [-0.2, -0.15) is 8.42 Å². The van der Waals surface area contributed by atoms with Crippen LogP contribution in [0, 0.1) is 0 Å². The topological polar surface area (TPSA) is 71.4 Å². The summed E-state index contributed by atoms with van der Waals surface area (Å²) < 4.78 is 35.6. The van der Waals surface area contributed by atoms with Crippen LogP contribution >= 0.6 is 0 Å². The molecule has 240 valence electrons. The molecule has 0 saturated carbocycles. The third-order valence-electron chi connectivity index (χ3n) is 8.53. The van der Waals surface area contributed by atoms with Gasteiger partial charge in [-0.25, -0.2) is 0 Å². The Kier molecular flexibility index (Phi) is 22.5. The minimum Gasteiger partial charge on any atom is -0.307 e. The molecular weight excluding hydrogens is 540 g/mol. The van der Waals surface area contributed by atoms with Crippen LogP contribution in [0.4, 0.5) is 0 Å². The van der Waals surface area contributed by atoms with Crippen LogP contribution in [-0.2, 0) is 27.8 Å². The Bertz CT molecular complexity index is 1050. The summed E-state index contributed by atoms with van der Waals surface area (Å²) in [6.45, 7) is 6.53. The van der Waals surface area contributed by atoms with Crippen LogP contribution in [-0.4, -0.2) is 19.8 Å². The number of carbonyl (C=O) groups is 1. The van der Waals surface area contributed by atoms with Crippen molar-refractivity contribution in [3.63, 3.8) is 0 Å². The van der Waals surface area contributed by atoms with Gasteiger partial charge >= 0.3 is 0 Å². The van der Waals surface area contributed by atoms with E-state index in [0.29, 0.717) is 5.39 Å². The van der Waals surface area contributed by atoms with E-state index in [1.807, 2.05) is 31.1 Å². The summed E-state index contributed by atoms with van der Waals surface area (Å²) >= 11 is 0. The highest BCUT2D eigenvalue weighted by Crippen LogP contribution is 2.32. The van der Waals surface area contributed by atoms with Crippen LogP contribution in [0.2, 0.25) is 0 Å². The number of rotatable bonds is 25. The highest BCUT2D eigenvalue weighted by Gasteiger charge is 2.22. The lowest BCUT2D eigenvalue weighted by molar-refractivity contribution is -0.0980. The molecule has 0 bridgehead atoms. The van der Waals surface area contributed by atoms with Crippen LogP contribution < -0.4 is 0 Å². The standard InChI is InChI=1S/C36H60O3S.CH2O/c1-3-5-7-9-11-13-15-17-19-21-23-27-32-31-33-28-25-26-30-35(33)36(40(37,38)39)34(32)29-24-22-20-18-16-14-12-10-8-6-4-2;1-2/h25-26,28,30-31H,3-24,27,29H2,1-2H3,(H,37,38,39);1H2. The van der Waals surface area contributed by atoms with Crippen molar-refractivity contribution in [3.8, 4) is 0 Å². The summed E-state index contributed by atoms with van der Waals surface area (Å²) in [4.78, 5) is 8.16. The molecule has 1 N–H and O–H groups in total. The lowest BCUT2D eigenvalue weighted by Crippen LogP contribution is -2.08. The summed E-state index contributed by atoms with van der Waals surface area (Å²) in [5, 5.41) is 1.57. The molecule has 0 aliphatic carbocycles. The molecule has 0 aliphatic rings. The van der Waals surface area contributed by atoms with Crippen molar-refractivity contribution < 1.29 is 17.8 Å². The summed E-state index contributed by atoms with van der Waals surface area (Å²) in [6, 6.07) is 9.82.